The normalized spacial score (nSPS) is 18.0. The van der Waals surface area contributed by atoms with Gasteiger partial charge in [0.1, 0.15) is 23.8 Å². The Kier molecular flexibility index (Phi) is 5.97. The van der Waals surface area contributed by atoms with Crippen LogP contribution in [-0.2, 0) is 4.79 Å². The van der Waals surface area contributed by atoms with Crippen molar-refractivity contribution in [2.75, 3.05) is 23.3 Å². The average Bonchev–Trinajstić information content (AvgIpc) is 3.22. The van der Waals surface area contributed by atoms with Crippen LogP contribution in [0.1, 0.15) is 19.3 Å². The minimum Gasteiger partial charge on any atom is -0.373 e. The molecule has 0 aliphatic carbocycles. The number of H-pyrrole nitrogens is 1. The van der Waals surface area contributed by atoms with E-state index in [9.17, 15) is 18.0 Å². The Morgan fingerprint density at radius 3 is 2.81 bits per heavy atom. The molecule has 0 radical (unpaired) electrons. The predicted octanol–water partition coefficient (Wildman–Crippen LogP) is 3.48. The number of nitrogens with one attached hydrogen (secondary N) is 3. The maximum atomic E-state index is 13.1. The van der Waals surface area contributed by atoms with E-state index in [1.165, 1.54) is 6.33 Å². The second-order valence-corrected chi connectivity index (χ2v) is 7.61. The van der Waals surface area contributed by atoms with Gasteiger partial charge < -0.3 is 20.5 Å². The lowest BCUT2D eigenvalue weighted by Crippen LogP contribution is -2.52. The number of hydrogen-bond donors (Lipinski definition) is 3. The van der Waals surface area contributed by atoms with Gasteiger partial charge in [-0.15, -0.1) is 0 Å². The van der Waals surface area contributed by atoms with Gasteiger partial charge in [-0.3, -0.25) is 4.79 Å². The van der Waals surface area contributed by atoms with E-state index in [1.54, 1.807) is 36.5 Å². The fourth-order valence-electron chi connectivity index (χ4n) is 3.88. The van der Waals surface area contributed by atoms with Crippen molar-refractivity contribution >= 4 is 28.4 Å². The van der Waals surface area contributed by atoms with Gasteiger partial charge in [0.05, 0.1) is 11.8 Å². The summed E-state index contributed by atoms with van der Waals surface area (Å²) >= 11 is 0. The topological polar surface area (TPSA) is 85.9 Å². The zero-order valence-corrected chi connectivity index (χ0v) is 16.7. The molecule has 2 atom stereocenters. The molecule has 1 aliphatic rings. The van der Waals surface area contributed by atoms with Crippen molar-refractivity contribution in [3.63, 3.8) is 0 Å². The number of carbonyl (C=O) groups is 1. The number of amides is 1. The van der Waals surface area contributed by atoms with Gasteiger partial charge in [0, 0.05) is 31.0 Å². The summed E-state index contributed by atoms with van der Waals surface area (Å²) in [6, 6.07) is 8.63. The van der Waals surface area contributed by atoms with Gasteiger partial charge >= 0.3 is 6.18 Å². The van der Waals surface area contributed by atoms with Gasteiger partial charge in [0.25, 0.3) is 0 Å². The predicted molar refractivity (Wildman–Crippen MR) is 112 cm³/mol. The first-order valence-corrected chi connectivity index (χ1v) is 10.1. The molecule has 2 unspecified atom stereocenters. The third-order valence-electron chi connectivity index (χ3n) is 5.27. The molecule has 0 bridgehead atoms. The molecule has 1 fully saturated rings. The van der Waals surface area contributed by atoms with Crippen LogP contribution in [0.15, 0.2) is 48.9 Å². The van der Waals surface area contributed by atoms with E-state index >= 15 is 0 Å². The van der Waals surface area contributed by atoms with Gasteiger partial charge in [0.2, 0.25) is 5.91 Å². The number of piperidine rings is 1. The van der Waals surface area contributed by atoms with Gasteiger partial charge in [-0.05, 0) is 31.0 Å². The summed E-state index contributed by atoms with van der Waals surface area (Å²) in [6.07, 6.45) is -0.990. The molecule has 3 heterocycles. The number of fused-ring (bicyclic) bond motifs is 1. The Balaban J connectivity index is 1.45. The fraction of sp³-hybridized carbons (Fsp3) is 0.381. The van der Waals surface area contributed by atoms with Crippen LogP contribution in [0.3, 0.4) is 0 Å². The Labute approximate surface area is 177 Å². The highest BCUT2D eigenvalue weighted by atomic mass is 19.4. The molecule has 2 aromatic heterocycles. The Hall–Kier alpha value is -3.30. The van der Waals surface area contributed by atoms with E-state index in [0.29, 0.717) is 24.3 Å². The SMILES string of the molecule is O=C(NC1CCCN(c2ncnc3[nH]ccc23)C1)C(CC(F)(F)F)Nc1ccccc1. The van der Waals surface area contributed by atoms with Crippen molar-refractivity contribution in [1.29, 1.82) is 0 Å². The quantitative estimate of drug-likeness (QED) is 0.555. The maximum absolute atomic E-state index is 13.1. The van der Waals surface area contributed by atoms with Crippen molar-refractivity contribution in [3.05, 3.63) is 48.9 Å². The molecule has 31 heavy (non-hydrogen) atoms. The Morgan fingerprint density at radius 1 is 1.23 bits per heavy atom. The number of rotatable bonds is 6. The minimum absolute atomic E-state index is 0.279. The van der Waals surface area contributed by atoms with E-state index in [0.717, 1.165) is 24.2 Å². The number of hydrogen-bond acceptors (Lipinski definition) is 5. The Bertz CT molecular complexity index is 1020. The molecule has 7 nitrogen and oxygen atoms in total. The molecule has 4 rings (SSSR count). The van der Waals surface area contributed by atoms with Crippen LogP contribution in [0.25, 0.3) is 11.0 Å². The zero-order valence-electron chi connectivity index (χ0n) is 16.7. The van der Waals surface area contributed by atoms with Crippen molar-refractivity contribution in [1.82, 2.24) is 20.3 Å². The van der Waals surface area contributed by atoms with Gasteiger partial charge in [-0.2, -0.15) is 13.2 Å². The summed E-state index contributed by atoms with van der Waals surface area (Å²) in [5, 5.41) is 6.40. The van der Waals surface area contributed by atoms with Gasteiger partial charge in [0.15, 0.2) is 0 Å². The molecule has 0 saturated carbocycles. The number of alkyl halides is 3. The summed E-state index contributed by atoms with van der Waals surface area (Å²) in [6.45, 7) is 1.21. The van der Waals surface area contributed by atoms with Crippen LogP contribution in [-0.4, -0.2) is 52.2 Å². The third-order valence-corrected chi connectivity index (χ3v) is 5.27. The molecule has 1 aromatic carbocycles. The summed E-state index contributed by atoms with van der Waals surface area (Å²) in [5.74, 6) is 0.0851. The number of aromatic nitrogens is 3. The molecule has 164 valence electrons. The van der Waals surface area contributed by atoms with Crippen LogP contribution >= 0.6 is 0 Å². The molecule has 3 N–H and O–H groups in total. The van der Waals surface area contributed by atoms with Crippen molar-refractivity contribution < 1.29 is 18.0 Å². The molecule has 1 aliphatic heterocycles. The second-order valence-electron chi connectivity index (χ2n) is 7.61. The van der Waals surface area contributed by atoms with Gasteiger partial charge in [-0.1, -0.05) is 18.2 Å². The lowest BCUT2D eigenvalue weighted by atomic mass is 10.0. The van der Waals surface area contributed by atoms with E-state index in [4.69, 9.17) is 0 Å². The molecular formula is C21H23F3N6O. The summed E-state index contributed by atoms with van der Waals surface area (Å²) in [5.41, 5.74) is 1.18. The standard InChI is InChI=1S/C21H23F3N6O/c22-21(23,24)11-17(28-14-5-2-1-3-6-14)20(31)29-15-7-4-10-30(12-15)19-16-8-9-25-18(16)26-13-27-19/h1-3,5-6,8-9,13,15,17,28H,4,7,10-12H2,(H,29,31)(H,25,26,27). The van der Waals surface area contributed by atoms with Crippen LogP contribution in [0.2, 0.25) is 0 Å². The fourth-order valence-corrected chi connectivity index (χ4v) is 3.88. The number of para-hydroxylation sites is 1. The lowest BCUT2D eigenvalue weighted by molar-refractivity contribution is -0.146. The zero-order chi connectivity index (χ0) is 21.8. The average molecular weight is 432 g/mol. The van der Waals surface area contributed by atoms with E-state index in [2.05, 4.69) is 25.6 Å². The van der Waals surface area contributed by atoms with E-state index < -0.39 is 24.5 Å². The molecule has 1 amide bonds. The summed E-state index contributed by atoms with van der Waals surface area (Å²) in [4.78, 5) is 26.4. The number of aromatic amines is 1. The molecule has 1 saturated heterocycles. The maximum Gasteiger partial charge on any atom is 0.391 e. The van der Waals surface area contributed by atoms with Crippen LogP contribution in [0.5, 0.6) is 0 Å². The third kappa shape index (κ3) is 5.25. The first kappa shape index (κ1) is 21.0. The van der Waals surface area contributed by atoms with Gasteiger partial charge in [-0.25, -0.2) is 9.97 Å². The first-order valence-electron chi connectivity index (χ1n) is 10.1. The number of halogens is 3. The number of nitrogens with zero attached hydrogens (tertiary/aromatic N) is 3. The number of carbonyl (C=O) groups excluding carboxylic acids is 1. The molecule has 3 aromatic rings. The van der Waals surface area contributed by atoms with Crippen molar-refractivity contribution in [3.8, 4) is 0 Å². The summed E-state index contributed by atoms with van der Waals surface area (Å²) in [7, 11) is 0. The minimum atomic E-state index is -4.47. The van der Waals surface area contributed by atoms with Crippen LogP contribution in [0.4, 0.5) is 24.7 Å². The first-order chi connectivity index (χ1) is 14.9. The summed E-state index contributed by atoms with van der Waals surface area (Å²) < 4.78 is 39.3. The number of benzene rings is 1. The second kappa shape index (κ2) is 8.83. The largest absolute Gasteiger partial charge is 0.391 e. The monoisotopic (exact) mass is 432 g/mol. The van der Waals surface area contributed by atoms with Crippen molar-refractivity contribution in [2.45, 2.75) is 37.5 Å². The van der Waals surface area contributed by atoms with Crippen LogP contribution in [0, 0.1) is 0 Å². The highest BCUT2D eigenvalue weighted by Crippen LogP contribution is 2.26. The lowest BCUT2D eigenvalue weighted by Gasteiger charge is -2.35. The number of anilines is 2. The molecule has 0 spiro atoms. The Morgan fingerprint density at radius 2 is 2.03 bits per heavy atom. The molecule has 10 heteroatoms. The van der Waals surface area contributed by atoms with E-state index in [-0.39, 0.29) is 6.04 Å². The smallest absolute Gasteiger partial charge is 0.373 e. The van der Waals surface area contributed by atoms with Crippen LogP contribution < -0.4 is 15.5 Å². The highest BCUT2D eigenvalue weighted by molar-refractivity contribution is 5.87. The molecular weight excluding hydrogens is 409 g/mol. The van der Waals surface area contributed by atoms with E-state index in [1.807, 2.05) is 11.0 Å². The highest BCUT2D eigenvalue weighted by Gasteiger charge is 2.36. The van der Waals surface area contributed by atoms with Crippen molar-refractivity contribution in [2.24, 2.45) is 0 Å².